The van der Waals surface area contributed by atoms with Crippen LogP contribution in [-0.2, 0) is 19.6 Å². The minimum absolute atomic E-state index is 0.229. The topological polar surface area (TPSA) is 83.9 Å². The Hall–Kier alpha value is -0.800. The van der Waals surface area contributed by atoms with E-state index in [9.17, 15) is 22.0 Å². The number of alkyl halides is 2. The number of hydrogen-bond donors (Lipinski definition) is 1. The number of sulfonamides is 1. The molecule has 9 heteroatoms. The predicted octanol–water partition coefficient (Wildman–Crippen LogP) is 0.217. The lowest BCUT2D eigenvalue weighted by molar-refractivity contribution is -0.145. The van der Waals surface area contributed by atoms with Gasteiger partial charge in [-0.2, -0.15) is 4.31 Å². The molecule has 0 spiro atoms. The number of carbonyl (C=O) groups is 1. The van der Waals surface area contributed by atoms with Crippen LogP contribution in [0.4, 0.5) is 8.78 Å². The molecule has 1 fully saturated rings. The molecule has 0 aromatic rings. The molecule has 0 heterocycles. The fourth-order valence-corrected chi connectivity index (χ4v) is 4.65. The van der Waals surface area contributed by atoms with Gasteiger partial charge in [-0.05, 0) is 12.8 Å². The van der Waals surface area contributed by atoms with Gasteiger partial charge < -0.3 is 9.84 Å². The number of aliphatic hydroxyl groups excluding tert-OH is 1. The number of esters is 1. The summed E-state index contributed by atoms with van der Waals surface area (Å²) >= 11 is 0. The zero-order valence-electron chi connectivity index (χ0n) is 11.2. The van der Waals surface area contributed by atoms with Gasteiger partial charge in [0.05, 0.1) is 31.4 Å². The Morgan fingerprint density at radius 3 is 2.60 bits per heavy atom. The maximum absolute atomic E-state index is 12.5. The number of aliphatic hydroxyl groups is 1. The highest BCUT2D eigenvalue weighted by molar-refractivity contribution is 7.89. The Labute approximate surface area is 116 Å². The van der Waals surface area contributed by atoms with E-state index >= 15 is 0 Å². The van der Waals surface area contributed by atoms with Crippen molar-refractivity contribution in [3.05, 3.63) is 0 Å². The first kappa shape index (κ1) is 17.3. The molecule has 0 aromatic heterocycles. The maximum atomic E-state index is 12.5. The molecule has 0 bridgehead atoms. The first-order chi connectivity index (χ1) is 9.34. The molecule has 1 aliphatic carbocycles. The summed E-state index contributed by atoms with van der Waals surface area (Å²) in [6.45, 7) is -1.94. The minimum Gasteiger partial charge on any atom is -0.469 e. The standard InChI is InChI=1S/C11H19F2NO5S/c1-19-11(16)8-3-2-4-9(8)20(17,18)14(5-6-15)7-10(12)13/h8-10,15H,2-7H2,1H3. The minimum atomic E-state index is -4.07. The Morgan fingerprint density at radius 2 is 2.10 bits per heavy atom. The van der Waals surface area contributed by atoms with Crippen molar-refractivity contribution in [2.75, 3.05) is 26.8 Å². The molecule has 0 saturated heterocycles. The summed E-state index contributed by atoms with van der Waals surface area (Å²) in [4.78, 5) is 11.6. The first-order valence-electron chi connectivity index (χ1n) is 6.30. The van der Waals surface area contributed by atoms with E-state index in [2.05, 4.69) is 4.74 Å². The van der Waals surface area contributed by atoms with Crippen molar-refractivity contribution in [1.82, 2.24) is 4.31 Å². The molecule has 1 aliphatic rings. The van der Waals surface area contributed by atoms with Gasteiger partial charge in [0.15, 0.2) is 0 Å². The summed E-state index contributed by atoms with van der Waals surface area (Å²) in [6.07, 6.45) is -1.73. The van der Waals surface area contributed by atoms with Crippen LogP contribution in [0.1, 0.15) is 19.3 Å². The fourth-order valence-electron chi connectivity index (χ4n) is 2.48. The lowest BCUT2D eigenvalue weighted by Crippen LogP contribution is -2.45. The molecular formula is C11H19F2NO5S. The normalized spacial score (nSPS) is 23.5. The molecule has 20 heavy (non-hydrogen) atoms. The van der Waals surface area contributed by atoms with Crippen LogP contribution in [0.25, 0.3) is 0 Å². The number of carbonyl (C=O) groups excluding carboxylic acids is 1. The Morgan fingerprint density at radius 1 is 1.45 bits per heavy atom. The van der Waals surface area contributed by atoms with Gasteiger partial charge in [0.1, 0.15) is 0 Å². The second-order valence-electron chi connectivity index (χ2n) is 4.62. The third-order valence-electron chi connectivity index (χ3n) is 3.39. The van der Waals surface area contributed by atoms with Gasteiger partial charge in [0.25, 0.3) is 6.43 Å². The first-order valence-corrected chi connectivity index (χ1v) is 7.80. The molecule has 0 amide bonds. The molecule has 0 radical (unpaired) electrons. The highest BCUT2D eigenvalue weighted by Gasteiger charge is 2.45. The van der Waals surface area contributed by atoms with Crippen molar-refractivity contribution in [3.8, 4) is 0 Å². The van der Waals surface area contributed by atoms with Crippen molar-refractivity contribution in [1.29, 1.82) is 0 Å². The van der Waals surface area contributed by atoms with Crippen LogP contribution in [-0.4, -0.2) is 62.3 Å². The summed E-state index contributed by atoms with van der Waals surface area (Å²) in [7, 11) is -2.91. The largest absolute Gasteiger partial charge is 0.469 e. The molecule has 2 atom stereocenters. The molecule has 0 aromatic carbocycles. The number of hydrogen-bond acceptors (Lipinski definition) is 5. The lowest BCUT2D eigenvalue weighted by Gasteiger charge is -2.27. The van der Waals surface area contributed by atoms with Crippen LogP contribution in [0, 0.1) is 5.92 Å². The van der Waals surface area contributed by atoms with Crippen LogP contribution in [0.2, 0.25) is 0 Å². The van der Waals surface area contributed by atoms with Crippen LogP contribution >= 0.6 is 0 Å². The second-order valence-corrected chi connectivity index (χ2v) is 6.77. The maximum Gasteiger partial charge on any atom is 0.310 e. The molecular weight excluding hydrogens is 296 g/mol. The zero-order valence-corrected chi connectivity index (χ0v) is 12.0. The highest BCUT2D eigenvalue weighted by atomic mass is 32.2. The van der Waals surface area contributed by atoms with E-state index in [0.29, 0.717) is 17.1 Å². The number of ether oxygens (including phenoxy) is 1. The van der Waals surface area contributed by atoms with Gasteiger partial charge in [-0.1, -0.05) is 6.42 Å². The van der Waals surface area contributed by atoms with Gasteiger partial charge in [-0.3, -0.25) is 4.79 Å². The number of halogens is 2. The van der Waals surface area contributed by atoms with Gasteiger partial charge in [0, 0.05) is 6.54 Å². The summed E-state index contributed by atoms with van der Waals surface area (Å²) in [5.41, 5.74) is 0. The SMILES string of the molecule is COC(=O)C1CCCC1S(=O)(=O)N(CCO)CC(F)F. The zero-order chi connectivity index (χ0) is 15.3. The third-order valence-corrected chi connectivity index (χ3v) is 5.77. The van der Waals surface area contributed by atoms with E-state index in [4.69, 9.17) is 5.11 Å². The smallest absolute Gasteiger partial charge is 0.310 e. The summed E-state index contributed by atoms with van der Waals surface area (Å²) in [5.74, 6) is -1.47. The van der Waals surface area contributed by atoms with Gasteiger partial charge in [-0.15, -0.1) is 0 Å². The predicted molar refractivity (Wildman–Crippen MR) is 66.7 cm³/mol. The Bertz CT molecular complexity index is 429. The number of rotatable bonds is 7. The highest BCUT2D eigenvalue weighted by Crippen LogP contribution is 2.33. The van der Waals surface area contributed by atoms with Crippen LogP contribution in [0.3, 0.4) is 0 Å². The monoisotopic (exact) mass is 315 g/mol. The third kappa shape index (κ3) is 3.86. The van der Waals surface area contributed by atoms with E-state index in [1.54, 1.807) is 0 Å². The molecule has 0 aliphatic heterocycles. The van der Waals surface area contributed by atoms with Gasteiger partial charge in [-0.25, -0.2) is 17.2 Å². The molecule has 6 nitrogen and oxygen atoms in total. The quantitative estimate of drug-likeness (QED) is 0.679. The average molecular weight is 315 g/mol. The van der Waals surface area contributed by atoms with Crippen molar-refractivity contribution < 1.29 is 31.8 Å². The van der Waals surface area contributed by atoms with E-state index in [-0.39, 0.29) is 6.42 Å². The molecule has 1 saturated carbocycles. The van der Waals surface area contributed by atoms with E-state index in [1.807, 2.05) is 0 Å². The van der Waals surface area contributed by atoms with Crippen LogP contribution < -0.4 is 0 Å². The van der Waals surface area contributed by atoms with Crippen LogP contribution in [0.5, 0.6) is 0 Å². The molecule has 118 valence electrons. The summed E-state index contributed by atoms with van der Waals surface area (Å²) < 4.78 is 54.8. The van der Waals surface area contributed by atoms with Crippen molar-refractivity contribution >= 4 is 16.0 Å². The number of methoxy groups -OCH3 is 1. The van der Waals surface area contributed by atoms with Crippen molar-refractivity contribution in [2.24, 2.45) is 5.92 Å². The average Bonchev–Trinajstić information content (AvgIpc) is 2.86. The fraction of sp³-hybridized carbons (Fsp3) is 0.909. The summed E-state index contributed by atoms with van der Waals surface area (Å²) in [6, 6.07) is 0. The van der Waals surface area contributed by atoms with Crippen molar-refractivity contribution in [2.45, 2.75) is 30.9 Å². The van der Waals surface area contributed by atoms with Crippen molar-refractivity contribution in [3.63, 3.8) is 0 Å². The van der Waals surface area contributed by atoms with Crippen LogP contribution in [0.15, 0.2) is 0 Å². The second kappa shape index (κ2) is 7.28. The summed E-state index contributed by atoms with van der Waals surface area (Å²) in [5, 5.41) is 7.78. The van der Waals surface area contributed by atoms with E-state index in [1.165, 1.54) is 0 Å². The van der Waals surface area contributed by atoms with Gasteiger partial charge in [0.2, 0.25) is 10.0 Å². The lowest BCUT2D eigenvalue weighted by atomic mass is 10.1. The number of nitrogens with zero attached hydrogens (tertiary/aromatic N) is 1. The van der Waals surface area contributed by atoms with E-state index < -0.39 is 53.3 Å². The van der Waals surface area contributed by atoms with Gasteiger partial charge >= 0.3 is 5.97 Å². The molecule has 1 N–H and O–H groups in total. The molecule has 2 unspecified atom stereocenters. The molecule has 1 rings (SSSR count). The Kier molecular flexibility index (Phi) is 6.28. The Balaban J connectivity index is 2.96. The van der Waals surface area contributed by atoms with E-state index in [0.717, 1.165) is 7.11 Å².